The van der Waals surface area contributed by atoms with Gasteiger partial charge >= 0.3 is 0 Å². The Hall–Kier alpha value is -1.43. The number of nitro benzene ring substituents is 1. The molecular formula is C12H15BrN2O3. The minimum absolute atomic E-state index is 0.00316. The molecule has 0 fully saturated rings. The van der Waals surface area contributed by atoms with E-state index in [4.69, 9.17) is 0 Å². The number of hydrogen-bond acceptors (Lipinski definition) is 3. The lowest BCUT2D eigenvalue weighted by molar-refractivity contribution is -0.384. The molecule has 1 atom stereocenters. The number of aryl methyl sites for hydroxylation is 1. The summed E-state index contributed by atoms with van der Waals surface area (Å²) < 4.78 is 0. The molecule has 0 saturated carbocycles. The molecule has 0 bridgehead atoms. The SMILES string of the molecule is CCC(CBr)NC(=O)c1ccc([N+](=O)[O-])cc1C. The summed E-state index contributed by atoms with van der Waals surface area (Å²) in [5.74, 6) is -0.200. The van der Waals surface area contributed by atoms with Gasteiger partial charge in [-0.2, -0.15) is 0 Å². The van der Waals surface area contributed by atoms with Crippen LogP contribution in [-0.2, 0) is 0 Å². The fraction of sp³-hybridized carbons (Fsp3) is 0.417. The molecule has 0 aliphatic rings. The minimum Gasteiger partial charge on any atom is -0.348 e. The van der Waals surface area contributed by atoms with Crippen molar-refractivity contribution in [3.63, 3.8) is 0 Å². The Labute approximate surface area is 114 Å². The first kappa shape index (κ1) is 14.6. The Morgan fingerprint density at radius 2 is 2.22 bits per heavy atom. The number of halogens is 1. The zero-order valence-electron chi connectivity index (χ0n) is 10.3. The fourth-order valence-electron chi connectivity index (χ4n) is 1.53. The molecule has 0 aliphatic heterocycles. The summed E-state index contributed by atoms with van der Waals surface area (Å²) in [4.78, 5) is 22.1. The Balaban J connectivity index is 2.90. The van der Waals surface area contributed by atoms with E-state index in [1.54, 1.807) is 6.92 Å². The molecular weight excluding hydrogens is 300 g/mol. The molecule has 1 unspecified atom stereocenters. The van der Waals surface area contributed by atoms with Crippen molar-refractivity contribution in [2.45, 2.75) is 26.3 Å². The van der Waals surface area contributed by atoms with E-state index in [1.807, 2.05) is 6.92 Å². The first-order valence-corrected chi connectivity index (χ1v) is 6.73. The smallest absolute Gasteiger partial charge is 0.269 e. The van der Waals surface area contributed by atoms with Crippen molar-refractivity contribution in [1.29, 1.82) is 0 Å². The lowest BCUT2D eigenvalue weighted by atomic mass is 10.1. The molecule has 1 aromatic carbocycles. The lowest BCUT2D eigenvalue weighted by Crippen LogP contribution is -2.35. The highest BCUT2D eigenvalue weighted by molar-refractivity contribution is 9.09. The second-order valence-corrected chi connectivity index (χ2v) is 4.64. The molecule has 1 N–H and O–H groups in total. The number of nitrogens with zero attached hydrogens (tertiary/aromatic N) is 1. The highest BCUT2D eigenvalue weighted by Crippen LogP contribution is 2.17. The zero-order chi connectivity index (χ0) is 13.7. The Morgan fingerprint density at radius 1 is 1.56 bits per heavy atom. The second kappa shape index (κ2) is 6.49. The van der Waals surface area contributed by atoms with Crippen LogP contribution < -0.4 is 5.32 Å². The van der Waals surface area contributed by atoms with Crippen LogP contribution in [0.2, 0.25) is 0 Å². The van der Waals surface area contributed by atoms with E-state index in [0.717, 1.165) is 6.42 Å². The number of alkyl halides is 1. The van der Waals surface area contributed by atoms with Crippen molar-refractivity contribution in [3.05, 3.63) is 39.4 Å². The highest BCUT2D eigenvalue weighted by Gasteiger charge is 2.15. The van der Waals surface area contributed by atoms with E-state index < -0.39 is 4.92 Å². The summed E-state index contributed by atoms with van der Waals surface area (Å²) in [5.41, 5.74) is 1.07. The zero-order valence-corrected chi connectivity index (χ0v) is 11.9. The van der Waals surface area contributed by atoms with Crippen molar-refractivity contribution >= 4 is 27.5 Å². The number of amides is 1. The van der Waals surface area contributed by atoms with Crippen LogP contribution in [0.5, 0.6) is 0 Å². The third-order valence-corrected chi connectivity index (χ3v) is 3.46. The summed E-state index contributed by atoms with van der Waals surface area (Å²) in [6, 6.07) is 4.30. The topological polar surface area (TPSA) is 72.2 Å². The van der Waals surface area contributed by atoms with Crippen LogP contribution in [0.3, 0.4) is 0 Å². The van der Waals surface area contributed by atoms with E-state index in [9.17, 15) is 14.9 Å². The number of nitro groups is 1. The predicted molar refractivity (Wildman–Crippen MR) is 73.2 cm³/mol. The molecule has 0 spiro atoms. The highest BCUT2D eigenvalue weighted by atomic mass is 79.9. The van der Waals surface area contributed by atoms with Gasteiger partial charge in [0.1, 0.15) is 0 Å². The maximum absolute atomic E-state index is 12.0. The third kappa shape index (κ3) is 3.53. The number of carbonyl (C=O) groups excluding carboxylic acids is 1. The summed E-state index contributed by atoms with van der Waals surface area (Å²) in [6.45, 7) is 3.67. The molecule has 1 amide bonds. The summed E-state index contributed by atoms with van der Waals surface area (Å²) in [7, 11) is 0. The van der Waals surface area contributed by atoms with E-state index in [1.165, 1.54) is 18.2 Å². The summed E-state index contributed by atoms with van der Waals surface area (Å²) in [5, 5.41) is 14.2. The van der Waals surface area contributed by atoms with Crippen molar-refractivity contribution in [2.75, 3.05) is 5.33 Å². The van der Waals surface area contributed by atoms with Crippen LogP contribution in [-0.4, -0.2) is 22.2 Å². The average Bonchev–Trinajstić information content (AvgIpc) is 2.35. The van der Waals surface area contributed by atoms with Crippen LogP contribution in [0.15, 0.2) is 18.2 Å². The van der Waals surface area contributed by atoms with Gasteiger partial charge < -0.3 is 5.32 Å². The summed E-state index contributed by atoms with van der Waals surface area (Å²) >= 11 is 3.32. The Morgan fingerprint density at radius 3 is 2.67 bits per heavy atom. The fourth-order valence-corrected chi connectivity index (χ4v) is 2.15. The summed E-state index contributed by atoms with van der Waals surface area (Å²) in [6.07, 6.45) is 0.822. The van der Waals surface area contributed by atoms with E-state index in [-0.39, 0.29) is 17.6 Å². The van der Waals surface area contributed by atoms with Gasteiger partial charge in [0.05, 0.1) is 4.92 Å². The Kier molecular flexibility index (Phi) is 5.27. The standard InChI is InChI=1S/C12H15BrN2O3/c1-3-9(7-13)14-12(16)11-5-4-10(15(17)18)6-8(11)2/h4-6,9H,3,7H2,1-2H3,(H,14,16). The van der Waals surface area contributed by atoms with Crippen LogP contribution >= 0.6 is 15.9 Å². The van der Waals surface area contributed by atoms with Gasteiger partial charge in [-0.05, 0) is 25.0 Å². The predicted octanol–water partition coefficient (Wildman–Crippen LogP) is 2.81. The normalized spacial score (nSPS) is 11.9. The second-order valence-electron chi connectivity index (χ2n) is 3.99. The van der Waals surface area contributed by atoms with Crippen molar-refractivity contribution in [3.8, 4) is 0 Å². The molecule has 98 valence electrons. The number of non-ortho nitro benzene ring substituents is 1. The first-order valence-electron chi connectivity index (χ1n) is 5.61. The van der Waals surface area contributed by atoms with Gasteiger partial charge in [0, 0.05) is 29.1 Å². The molecule has 0 aliphatic carbocycles. The van der Waals surface area contributed by atoms with Gasteiger partial charge in [-0.3, -0.25) is 14.9 Å². The lowest BCUT2D eigenvalue weighted by Gasteiger charge is -2.14. The molecule has 0 saturated heterocycles. The largest absolute Gasteiger partial charge is 0.348 e. The number of carbonyl (C=O) groups is 1. The van der Waals surface area contributed by atoms with Crippen molar-refractivity contribution in [2.24, 2.45) is 0 Å². The van der Waals surface area contributed by atoms with Gasteiger partial charge in [0.15, 0.2) is 0 Å². The van der Waals surface area contributed by atoms with E-state index in [0.29, 0.717) is 16.5 Å². The number of nitrogens with one attached hydrogen (secondary N) is 1. The van der Waals surface area contributed by atoms with E-state index in [2.05, 4.69) is 21.2 Å². The molecule has 18 heavy (non-hydrogen) atoms. The minimum atomic E-state index is -0.470. The molecule has 5 nitrogen and oxygen atoms in total. The van der Waals surface area contributed by atoms with Crippen LogP contribution in [0.4, 0.5) is 5.69 Å². The Bertz CT molecular complexity index is 459. The third-order valence-electron chi connectivity index (χ3n) is 2.68. The molecule has 1 rings (SSSR count). The quantitative estimate of drug-likeness (QED) is 0.516. The number of hydrogen-bond donors (Lipinski definition) is 1. The van der Waals surface area contributed by atoms with Gasteiger partial charge in [-0.25, -0.2) is 0 Å². The molecule has 6 heteroatoms. The van der Waals surface area contributed by atoms with Gasteiger partial charge in [-0.1, -0.05) is 22.9 Å². The van der Waals surface area contributed by atoms with E-state index >= 15 is 0 Å². The van der Waals surface area contributed by atoms with Crippen molar-refractivity contribution < 1.29 is 9.72 Å². The first-order chi connectivity index (χ1) is 8.49. The molecule has 1 aromatic rings. The molecule has 0 heterocycles. The number of benzene rings is 1. The van der Waals surface area contributed by atoms with Gasteiger partial charge in [-0.15, -0.1) is 0 Å². The van der Waals surface area contributed by atoms with Crippen molar-refractivity contribution in [1.82, 2.24) is 5.32 Å². The maximum atomic E-state index is 12.0. The number of rotatable bonds is 5. The van der Waals surface area contributed by atoms with Crippen LogP contribution in [0.1, 0.15) is 29.3 Å². The van der Waals surface area contributed by atoms with Crippen LogP contribution in [0, 0.1) is 17.0 Å². The monoisotopic (exact) mass is 314 g/mol. The molecule has 0 radical (unpaired) electrons. The van der Waals surface area contributed by atoms with Gasteiger partial charge in [0.25, 0.3) is 11.6 Å². The molecule has 0 aromatic heterocycles. The maximum Gasteiger partial charge on any atom is 0.269 e. The van der Waals surface area contributed by atoms with Crippen LogP contribution in [0.25, 0.3) is 0 Å². The van der Waals surface area contributed by atoms with Gasteiger partial charge in [0.2, 0.25) is 0 Å². The average molecular weight is 315 g/mol.